The van der Waals surface area contributed by atoms with Gasteiger partial charge in [0.25, 0.3) is 0 Å². The molecule has 1 aromatic carbocycles. The van der Waals surface area contributed by atoms with Gasteiger partial charge in [-0.3, -0.25) is 4.79 Å². The van der Waals surface area contributed by atoms with Gasteiger partial charge >= 0.3 is 6.03 Å². The van der Waals surface area contributed by atoms with Gasteiger partial charge in [-0.15, -0.1) is 0 Å². The van der Waals surface area contributed by atoms with Crippen LogP contribution in [0.5, 0.6) is 0 Å². The molecule has 0 radical (unpaired) electrons. The summed E-state index contributed by atoms with van der Waals surface area (Å²) in [7, 11) is 0. The lowest BCUT2D eigenvalue weighted by Crippen LogP contribution is -2.47. The van der Waals surface area contributed by atoms with Gasteiger partial charge in [0.2, 0.25) is 5.91 Å². The van der Waals surface area contributed by atoms with Gasteiger partial charge in [-0.05, 0) is 32.4 Å². The minimum Gasteiger partial charge on any atom is -0.322 e. The van der Waals surface area contributed by atoms with Crippen molar-refractivity contribution < 1.29 is 9.59 Å². The van der Waals surface area contributed by atoms with E-state index in [2.05, 4.69) is 0 Å². The van der Waals surface area contributed by atoms with Gasteiger partial charge in [-0.1, -0.05) is 18.2 Å². The predicted molar refractivity (Wildman–Crippen MR) is 70.4 cm³/mol. The van der Waals surface area contributed by atoms with Crippen molar-refractivity contribution in [2.75, 3.05) is 11.4 Å². The largest absolute Gasteiger partial charge is 0.331 e. The van der Waals surface area contributed by atoms with Crippen molar-refractivity contribution in [3.8, 4) is 0 Å². The molecule has 0 spiro atoms. The van der Waals surface area contributed by atoms with Gasteiger partial charge in [0.1, 0.15) is 0 Å². The molecule has 0 atom stereocenters. The average molecular weight is 246 g/mol. The van der Waals surface area contributed by atoms with E-state index in [1.807, 2.05) is 32.0 Å². The second kappa shape index (κ2) is 5.21. The van der Waals surface area contributed by atoms with Gasteiger partial charge in [-0.2, -0.15) is 0 Å². The quantitative estimate of drug-likeness (QED) is 0.805. The molecule has 1 aromatic rings. The van der Waals surface area contributed by atoms with Crippen molar-refractivity contribution in [2.45, 2.75) is 32.7 Å². The van der Waals surface area contributed by atoms with E-state index in [1.165, 1.54) is 4.90 Å². The summed E-state index contributed by atoms with van der Waals surface area (Å²) < 4.78 is 0. The number of rotatable bonds is 2. The normalized spacial score (nSPS) is 17.3. The summed E-state index contributed by atoms with van der Waals surface area (Å²) in [4.78, 5) is 27.5. The Labute approximate surface area is 107 Å². The molecule has 18 heavy (non-hydrogen) atoms. The van der Waals surface area contributed by atoms with Crippen LogP contribution >= 0.6 is 0 Å². The SMILES string of the molecule is CC(C)N1CCCC(=O)N(c2ccccc2)C1=O. The zero-order chi connectivity index (χ0) is 13.1. The molecule has 4 heteroatoms. The van der Waals surface area contributed by atoms with Gasteiger partial charge in [0.05, 0.1) is 5.69 Å². The molecule has 1 saturated heterocycles. The smallest absolute Gasteiger partial charge is 0.322 e. The number of imide groups is 1. The monoisotopic (exact) mass is 246 g/mol. The molecular weight excluding hydrogens is 228 g/mol. The van der Waals surface area contributed by atoms with Crippen LogP contribution in [-0.4, -0.2) is 29.4 Å². The summed E-state index contributed by atoms with van der Waals surface area (Å²) in [6.45, 7) is 4.58. The molecule has 4 nitrogen and oxygen atoms in total. The fourth-order valence-electron chi connectivity index (χ4n) is 2.15. The molecule has 0 unspecified atom stereocenters. The first-order chi connectivity index (χ1) is 8.61. The van der Waals surface area contributed by atoms with Crippen molar-refractivity contribution in [3.05, 3.63) is 30.3 Å². The zero-order valence-electron chi connectivity index (χ0n) is 10.8. The van der Waals surface area contributed by atoms with E-state index < -0.39 is 0 Å². The molecule has 0 aromatic heterocycles. The van der Waals surface area contributed by atoms with E-state index in [9.17, 15) is 9.59 Å². The molecule has 96 valence electrons. The predicted octanol–water partition coefficient (Wildman–Crippen LogP) is 2.64. The summed E-state index contributed by atoms with van der Waals surface area (Å²) in [5, 5.41) is 0. The van der Waals surface area contributed by atoms with E-state index >= 15 is 0 Å². The Morgan fingerprint density at radius 1 is 1.11 bits per heavy atom. The first-order valence-corrected chi connectivity index (χ1v) is 6.30. The number of para-hydroxylation sites is 1. The Balaban J connectivity index is 2.35. The van der Waals surface area contributed by atoms with Crippen molar-refractivity contribution in [2.24, 2.45) is 0 Å². The van der Waals surface area contributed by atoms with Crippen LogP contribution in [0.1, 0.15) is 26.7 Å². The van der Waals surface area contributed by atoms with E-state index in [0.717, 1.165) is 6.42 Å². The number of anilines is 1. The van der Waals surface area contributed by atoms with E-state index in [-0.39, 0.29) is 18.0 Å². The molecule has 1 aliphatic rings. The zero-order valence-corrected chi connectivity index (χ0v) is 10.8. The summed E-state index contributed by atoms with van der Waals surface area (Å²) in [5.74, 6) is -0.116. The van der Waals surface area contributed by atoms with Crippen molar-refractivity contribution >= 4 is 17.6 Å². The lowest BCUT2D eigenvalue weighted by molar-refractivity contribution is -0.117. The average Bonchev–Trinajstić information content (AvgIpc) is 2.49. The number of carbonyl (C=O) groups excluding carboxylic acids is 2. The summed E-state index contributed by atoms with van der Waals surface area (Å²) in [6, 6.07) is 9.02. The number of urea groups is 1. The third kappa shape index (κ3) is 2.37. The molecular formula is C14H18N2O2. The van der Waals surface area contributed by atoms with Gasteiger partial charge in [0, 0.05) is 19.0 Å². The summed E-state index contributed by atoms with van der Waals surface area (Å²) in [6.07, 6.45) is 1.15. The molecule has 0 N–H and O–H groups in total. The summed E-state index contributed by atoms with van der Waals surface area (Å²) in [5.41, 5.74) is 0.653. The summed E-state index contributed by atoms with van der Waals surface area (Å²) >= 11 is 0. The topological polar surface area (TPSA) is 40.6 Å². The second-order valence-corrected chi connectivity index (χ2v) is 4.74. The van der Waals surface area contributed by atoms with Gasteiger partial charge in [-0.25, -0.2) is 9.69 Å². The number of hydrogen-bond donors (Lipinski definition) is 0. The van der Waals surface area contributed by atoms with Gasteiger partial charge < -0.3 is 4.90 Å². The van der Waals surface area contributed by atoms with Crippen LogP contribution < -0.4 is 4.90 Å². The Bertz CT molecular complexity index is 442. The van der Waals surface area contributed by atoms with Crippen molar-refractivity contribution in [1.29, 1.82) is 0 Å². The minimum atomic E-state index is -0.210. The lowest BCUT2D eigenvalue weighted by atomic mass is 10.2. The van der Waals surface area contributed by atoms with Crippen LogP contribution in [0.2, 0.25) is 0 Å². The number of benzene rings is 1. The number of hydrogen-bond acceptors (Lipinski definition) is 2. The van der Waals surface area contributed by atoms with E-state index in [4.69, 9.17) is 0 Å². The van der Waals surface area contributed by atoms with E-state index in [1.54, 1.807) is 17.0 Å². The molecule has 0 saturated carbocycles. The number of nitrogens with zero attached hydrogens (tertiary/aromatic N) is 2. The Hall–Kier alpha value is -1.84. The van der Waals surface area contributed by atoms with Crippen molar-refractivity contribution in [1.82, 2.24) is 4.90 Å². The third-order valence-electron chi connectivity index (χ3n) is 3.11. The Kier molecular flexibility index (Phi) is 3.65. The molecule has 2 rings (SSSR count). The highest BCUT2D eigenvalue weighted by Gasteiger charge is 2.31. The van der Waals surface area contributed by atoms with Crippen molar-refractivity contribution in [3.63, 3.8) is 0 Å². The second-order valence-electron chi connectivity index (χ2n) is 4.74. The highest BCUT2D eigenvalue weighted by molar-refractivity contribution is 6.14. The molecule has 0 bridgehead atoms. The molecule has 1 heterocycles. The van der Waals surface area contributed by atoms with Crippen LogP contribution in [0.4, 0.5) is 10.5 Å². The molecule has 1 fully saturated rings. The Morgan fingerprint density at radius 2 is 1.78 bits per heavy atom. The fraction of sp³-hybridized carbons (Fsp3) is 0.429. The highest BCUT2D eigenvalue weighted by Crippen LogP contribution is 2.21. The van der Waals surface area contributed by atoms with Crippen LogP contribution in [0.3, 0.4) is 0 Å². The number of amides is 3. The first kappa shape index (κ1) is 12.6. The standard InChI is InChI=1S/C14H18N2O2/c1-11(2)15-10-6-9-13(17)16(14(15)18)12-7-4-3-5-8-12/h3-5,7-8,11H,6,9-10H2,1-2H3. The maximum Gasteiger partial charge on any atom is 0.331 e. The highest BCUT2D eigenvalue weighted by atomic mass is 16.2. The van der Waals surface area contributed by atoms with Crippen LogP contribution in [0.25, 0.3) is 0 Å². The first-order valence-electron chi connectivity index (χ1n) is 6.30. The molecule has 0 aliphatic carbocycles. The fourth-order valence-corrected chi connectivity index (χ4v) is 2.15. The van der Waals surface area contributed by atoms with Gasteiger partial charge in [0.15, 0.2) is 0 Å². The molecule has 3 amide bonds. The van der Waals surface area contributed by atoms with Crippen LogP contribution in [0, 0.1) is 0 Å². The molecule has 1 aliphatic heterocycles. The lowest BCUT2D eigenvalue weighted by Gasteiger charge is -2.29. The maximum absolute atomic E-state index is 12.4. The third-order valence-corrected chi connectivity index (χ3v) is 3.11. The maximum atomic E-state index is 12.4. The van der Waals surface area contributed by atoms with Crippen LogP contribution in [0.15, 0.2) is 30.3 Å². The Morgan fingerprint density at radius 3 is 2.39 bits per heavy atom. The minimum absolute atomic E-state index is 0.106. The van der Waals surface area contributed by atoms with E-state index in [0.29, 0.717) is 18.7 Å². The van der Waals surface area contributed by atoms with Crippen LogP contribution in [-0.2, 0) is 4.79 Å². The number of carbonyl (C=O) groups is 2.